The quantitative estimate of drug-likeness (QED) is 0.889. The maximum Gasteiger partial charge on any atom is 0.130 e. The zero-order chi connectivity index (χ0) is 14.5. The van der Waals surface area contributed by atoms with Gasteiger partial charge in [-0.15, -0.1) is 0 Å². The van der Waals surface area contributed by atoms with Crippen molar-refractivity contribution >= 4 is 15.9 Å². The Hall–Kier alpha value is -1.39. The summed E-state index contributed by atoms with van der Waals surface area (Å²) in [6.07, 6.45) is 0.250. The second-order valence-electron chi connectivity index (χ2n) is 4.72. The standard InChI is InChI=1S/C16H16BrFO2/c1-11(19)8-12-2-6-15(7-3-12)20-10-13-4-5-14(17)9-16(13)18/h2-7,9,11,19H,8,10H2,1H3. The Morgan fingerprint density at radius 3 is 2.50 bits per heavy atom. The lowest BCUT2D eigenvalue weighted by Gasteiger charge is -2.09. The lowest BCUT2D eigenvalue weighted by Crippen LogP contribution is -2.04. The van der Waals surface area contributed by atoms with E-state index in [9.17, 15) is 9.50 Å². The van der Waals surface area contributed by atoms with Crippen molar-refractivity contribution in [3.8, 4) is 5.75 Å². The van der Waals surface area contributed by atoms with Crippen molar-refractivity contribution in [1.29, 1.82) is 0 Å². The third-order valence-electron chi connectivity index (χ3n) is 2.86. The van der Waals surface area contributed by atoms with Gasteiger partial charge in [-0.2, -0.15) is 0 Å². The smallest absolute Gasteiger partial charge is 0.130 e. The van der Waals surface area contributed by atoms with Gasteiger partial charge in [-0.3, -0.25) is 0 Å². The molecule has 1 N–H and O–H groups in total. The Bertz CT molecular complexity index is 567. The van der Waals surface area contributed by atoms with E-state index in [-0.39, 0.29) is 18.5 Å². The molecule has 0 radical (unpaired) electrons. The van der Waals surface area contributed by atoms with E-state index in [1.165, 1.54) is 6.07 Å². The largest absolute Gasteiger partial charge is 0.489 e. The molecule has 20 heavy (non-hydrogen) atoms. The van der Waals surface area contributed by atoms with Crippen LogP contribution >= 0.6 is 15.9 Å². The number of hydrogen-bond donors (Lipinski definition) is 1. The lowest BCUT2D eigenvalue weighted by molar-refractivity contribution is 0.195. The molecule has 0 aliphatic heterocycles. The van der Waals surface area contributed by atoms with E-state index in [4.69, 9.17) is 4.74 Å². The van der Waals surface area contributed by atoms with Crippen LogP contribution in [0.15, 0.2) is 46.9 Å². The molecule has 2 aromatic carbocycles. The molecule has 0 amide bonds. The van der Waals surface area contributed by atoms with Crippen molar-refractivity contribution in [3.05, 3.63) is 63.9 Å². The van der Waals surface area contributed by atoms with Crippen LogP contribution in [0.3, 0.4) is 0 Å². The average Bonchev–Trinajstić information content (AvgIpc) is 2.39. The summed E-state index contributed by atoms with van der Waals surface area (Å²) in [5.74, 6) is 0.395. The molecule has 2 rings (SSSR count). The van der Waals surface area contributed by atoms with Gasteiger partial charge in [0.1, 0.15) is 18.2 Å². The average molecular weight is 339 g/mol. The van der Waals surface area contributed by atoms with E-state index < -0.39 is 0 Å². The van der Waals surface area contributed by atoms with Crippen LogP contribution in [-0.4, -0.2) is 11.2 Å². The van der Waals surface area contributed by atoms with Crippen LogP contribution in [0.5, 0.6) is 5.75 Å². The van der Waals surface area contributed by atoms with Gasteiger partial charge in [-0.1, -0.05) is 34.1 Å². The van der Waals surface area contributed by atoms with E-state index in [0.29, 0.717) is 22.2 Å². The molecule has 2 aromatic rings. The minimum absolute atomic E-state index is 0.189. The maximum atomic E-state index is 13.6. The molecule has 0 aliphatic carbocycles. The lowest BCUT2D eigenvalue weighted by atomic mass is 10.1. The Labute approximate surface area is 126 Å². The predicted molar refractivity (Wildman–Crippen MR) is 80.3 cm³/mol. The van der Waals surface area contributed by atoms with Gasteiger partial charge in [0.05, 0.1) is 6.10 Å². The highest BCUT2D eigenvalue weighted by molar-refractivity contribution is 9.10. The Morgan fingerprint density at radius 2 is 1.90 bits per heavy atom. The Kier molecular flexibility index (Phi) is 5.15. The number of halogens is 2. The topological polar surface area (TPSA) is 29.5 Å². The van der Waals surface area contributed by atoms with Crippen molar-refractivity contribution in [2.75, 3.05) is 0 Å². The van der Waals surface area contributed by atoms with E-state index in [1.54, 1.807) is 19.1 Å². The fourth-order valence-corrected chi connectivity index (χ4v) is 2.20. The Morgan fingerprint density at radius 1 is 1.20 bits per heavy atom. The van der Waals surface area contributed by atoms with Crippen LogP contribution in [0.1, 0.15) is 18.1 Å². The zero-order valence-corrected chi connectivity index (χ0v) is 12.7. The first-order chi connectivity index (χ1) is 9.54. The molecule has 0 spiro atoms. The van der Waals surface area contributed by atoms with Crippen LogP contribution in [0.2, 0.25) is 0 Å². The SMILES string of the molecule is CC(O)Cc1ccc(OCc2ccc(Br)cc2F)cc1. The van der Waals surface area contributed by atoms with Crippen molar-refractivity contribution in [2.24, 2.45) is 0 Å². The molecule has 0 saturated heterocycles. The summed E-state index contributed by atoms with van der Waals surface area (Å²) in [5, 5.41) is 9.30. The predicted octanol–water partition coefficient (Wildman–Crippen LogP) is 4.09. The second kappa shape index (κ2) is 6.86. The van der Waals surface area contributed by atoms with Crippen molar-refractivity contribution in [2.45, 2.75) is 26.1 Å². The second-order valence-corrected chi connectivity index (χ2v) is 5.64. The third kappa shape index (κ3) is 4.32. The van der Waals surface area contributed by atoms with Crippen molar-refractivity contribution in [1.82, 2.24) is 0 Å². The summed E-state index contributed by atoms with van der Waals surface area (Å²) >= 11 is 3.22. The summed E-state index contributed by atoms with van der Waals surface area (Å²) in [5.41, 5.74) is 1.56. The maximum absolute atomic E-state index is 13.6. The van der Waals surface area contributed by atoms with Gasteiger partial charge in [0.25, 0.3) is 0 Å². The van der Waals surface area contributed by atoms with Gasteiger partial charge in [-0.25, -0.2) is 4.39 Å². The highest BCUT2D eigenvalue weighted by Crippen LogP contribution is 2.19. The number of hydrogen-bond acceptors (Lipinski definition) is 2. The normalized spacial score (nSPS) is 12.2. The summed E-state index contributed by atoms with van der Waals surface area (Å²) in [4.78, 5) is 0. The van der Waals surface area contributed by atoms with Crippen molar-refractivity contribution < 1.29 is 14.2 Å². The van der Waals surface area contributed by atoms with E-state index in [1.807, 2.05) is 24.3 Å². The van der Waals surface area contributed by atoms with Gasteiger partial charge < -0.3 is 9.84 Å². The molecule has 0 saturated carbocycles. The van der Waals surface area contributed by atoms with Gasteiger partial charge in [-0.05, 0) is 43.2 Å². The number of aliphatic hydroxyl groups is 1. The summed E-state index contributed by atoms with van der Waals surface area (Å²) in [7, 11) is 0. The first-order valence-electron chi connectivity index (χ1n) is 6.38. The molecule has 0 heterocycles. The monoisotopic (exact) mass is 338 g/mol. The third-order valence-corrected chi connectivity index (χ3v) is 3.36. The molecule has 2 nitrogen and oxygen atoms in total. The summed E-state index contributed by atoms with van der Waals surface area (Å²) in [6.45, 7) is 1.94. The van der Waals surface area contributed by atoms with Crippen LogP contribution < -0.4 is 4.74 Å². The first kappa shape index (κ1) is 15.0. The molecule has 0 aliphatic rings. The highest BCUT2D eigenvalue weighted by Gasteiger charge is 2.04. The van der Waals surface area contributed by atoms with Crippen molar-refractivity contribution in [3.63, 3.8) is 0 Å². The van der Waals surface area contributed by atoms with Gasteiger partial charge in [0, 0.05) is 10.0 Å². The molecular weight excluding hydrogens is 323 g/mol. The van der Waals surface area contributed by atoms with Crippen LogP contribution in [0.4, 0.5) is 4.39 Å². The number of aliphatic hydroxyl groups excluding tert-OH is 1. The minimum atomic E-state index is -0.362. The van der Waals surface area contributed by atoms with Gasteiger partial charge in [0.15, 0.2) is 0 Å². The molecule has 0 bridgehead atoms. The van der Waals surface area contributed by atoms with Crippen LogP contribution in [0, 0.1) is 5.82 Å². The Balaban J connectivity index is 1.96. The number of rotatable bonds is 5. The van der Waals surface area contributed by atoms with Gasteiger partial charge in [0.2, 0.25) is 0 Å². The molecule has 0 fully saturated rings. The fourth-order valence-electron chi connectivity index (χ4n) is 1.86. The van der Waals surface area contributed by atoms with Crippen LogP contribution in [-0.2, 0) is 13.0 Å². The number of ether oxygens (including phenoxy) is 1. The summed E-state index contributed by atoms with van der Waals surface area (Å²) in [6, 6.07) is 12.4. The number of benzene rings is 2. The van der Waals surface area contributed by atoms with E-state index in [0.717, 1.165) is 5.56 Å². The molecule has 1 unspecified atom stereocenters. The molecule has 106 valence electrons. The fraction of sp³-hybridized carbons (Fsp3) is 0.250. The molecule has 0 aromatic heterocycles. The zero-order valence-electron chi connectivity index (χ0n) is 11.1. The minimum Gasteiger partial charge on any atom is -0.489 e. The molecule has 4 heteroatoms. The highest BCUT2D eigenvalue weighted by atomic mass is 79.9. The van der Waals surface area contributed by atoms with E-state index in [2.05, 4.69) is 15.9 Å². The van der Waals surface area contributed by atoms with Gasteiger partial charge >= 0.3 is 0 Å². The van der Waals surface area contributed by atoms with E-state index >= 15 is 0 Å². The summed E-state index contributed by atoms with van der Waals surface area (Å²) < 4.78 is 19.9. The molecular formula is C16H16BrFO2. The molecule has 1 atom stereocenters. The first-order valence-corrected chi connectivity index (χ1v) is 7.17. The van der Waals surface area contributed by atoms with Crippen LogP contribution in [0.25, 0.3) is 0 Å².